The summed E-state index contributed by atoms with van der Waals surface area (Å²) in [6, 6.07) is 14.3. The van der Waals surface area contributed by atoms with Gasteiger partial charge in [0.1, 0.15) is 0 Å². The second-order valence-corrected chi connectivity index (χ2v) is 11.3. The first kappa shape index (κ1) is 23.9. The molecule has 4 aromatic rings. The van der Waals surface area contributed by atoms with E-state index >= 15 is 0 Å². The van der Waals surface area contributed by atoms with E-state index in [2.05, 4.69) is 10.7 Å². The zero-order valence-electron chi connectivity index (χ0n) is 18.5. The molecule has 1 atom stereocenters. The lowest BCUT2D eigenvalue weighted by Crippen LogP contribution is -2.14. The molecule has 0 bridgehead atoms. The van der Waals surface area contributed by atoms with Gasteiger partial charge in [0.2, 0.25) is 0 Å². The van der Waals surface area contributed by atoms with Crippen molar-refractivity contribution in [2.75, 3.05) is 10.0 Å². The molecule has 8 nitrogen and oxygen atoms in total. The van der Waals surface area contributed by atoms with Crippen LogP contribution >= 0.6 is 22.7 Å². The van der Waals surface area contributed by atoms with E-state index in [4.69, 9.17) is 9.97 Å². The lowest BCUT2D eigenvalue weighted by Gasteiger charge is -2.17. The second kappa shape index (κ2) is 10.0. The summed E-state index contributed by atoms with van der Waals surface area (Å²) >= 11 is 3.19. The van der Waals surface area contributed by atoms with Gasteiger partial charge < -0.3 is 15.0 Å². The smallest absolute Gasteiger partial charge is 0.183 e. The van der Waals surface area contributed by atoms with E-state index in [1.165, 1.54) is 24.2 Å². The Morgan fingerprint density at radius 2 is 1.86 bits per heavy atom. The van der Waals surface area contributed by atoms with Gasteiger partial charge in [-0.05, 0) is 48.6 Å². The van der Waals surface area contributed by atoms with E-state index in [-0.39, 0.29) is 18.3 Å². The molecule has 0 radical (unpaired) electrons. The number of hydrogen-bond acceptors (Lipinski definition) is 9. The summed E-state index contributed by atoms with van der Waals surface area (Å²) in [6.45, 7) is -0.0205. The number of anilines is 2. The Kier molecular flexibility index (Phi) is 6.85. The standard InChI is InChI=1S/C24H24N4O4S3/c29-12-16-2-1-3-18(10-16)21-13-34-24(27-21)26-20(22-14-33-23(25-22)17-6-7-17)11-15-4-8-19(9-5-15)28-35(30,31)32/h1-5,8-10,13-14,17,20,28-29H,6-7,11-12H2,(H,26,27)(H,30,31,32)/p-1/t20-/m0/s1. The van der Waals surface area contributed by atoms with E-state index in [0.717, 1.165) is 38.2 Å². The molecule has 0 amide bonds. The fourth-order valence-electron chi connectivity index (χ4n) is 3.75. The van der Waals surface area contributed by atoms with Crippen LogP contribution in [-0.2, 0) is 23.3 Å². The van der Waals surface area contributed by atoms with Crippen LogP contribution in [0.25, 0.3) is 11.3 Å². The highest BCUT2D eigenvalue weighted by molar-refractivity contribution is 7.87. The molecule has 2 aromatic carbocycles. The van der Waals surface area contributed by atoms with Crippen molar-refractivity contribution in [2.45, 2.75) is 37.8 Å². The van der Waals surface area contributed by atoms with E-state index in [1.54, 1.807) is 35.6 Å². The summed E-state index contributed by atoms with van der Waals surface area (Å²) in [4.78, 5) is 9.65. The third-order valence-corrected chi connectivity index (χ3v) is 7.95. The third kappa shape index (κ3) is 6.24. The molecule has 5 rings (SSSR count). The SMILES string of the molecule is O=S(=O)([O-])Nc1ccc(C[C@H](Nc2nc(-c3cccc(CO)c3)cs2)c2csc(C3CC3)n2)cc1. The van der Waals surface area contributed by atoms with Crippen molar-refractivity contribution in [3.8, 4) is 11.3 Å². The Labute approximate surface area is 211 Å². The minimum Gasteiger partial charge on any atom is -0.731 e. The maximum absolute atomic E-state index is 11.0. The van der Waals surface area contributed by atoms with Crippen molar-refractivity contribution in [3.05, 3.63) is 81.1 Å². The second-order valence-electron chi connectivity index (χ2n) is 8.44. The molecule has 0 spiro atoms. The van der Waals surface area contributed by atoms with E-state index in [0.29, 0.717) is 12.3 Å². The summed E-state index contributed by atoms with van der Waals surface area (Å²) < 4.78 is 34.8. The maximum atomic E-state index is 11.0. The lowest BCUT2D eigenvalue weighted by atomic mass is 10.0. The van der Waals surface area contributed by atoms with Crippen LogP contribution in [0.15, 0.2) is 59.3 Å². The Morgan fingerprint density at radius 1 is 1.06 bits per heavy atom. The van der Waals surface area contributed by atoms with Crippen LogP contribution < -0.4 is 10.0 Å². The summed E-state index contributed by atoms with van der Waals surface area (Å²) in [5.74, 6) is 0.569. The van der Waals surface area contributed by atoms with Crippen molar-refractivity contribution >= 4 is 43.8 Å². The molecule has 3 N–H and O–H groups in total. The molecule has 1 fully saturated rings. The number of benzene rings is 2. The van der Waals surface area contributed by atoms with Gasteiger partial charge in [-0.3, -0.25) is 4.72 Å². The first-order chi connectivity index (χ1) is 16.9. The minimum absolute atomic E-state index is 0.0205. The number of thiazole rings is 2. The van der Waals surface area contributed by atoms with E-state index in [1.807, 2.05) is 34.4 Å². The number of rotatable bonds is 10. The van der Waals surface area contributed by atoms with Crippen LogP contribution in [0.3, 0.4) is 0 Å². The van der Waals surface area contributed by atoms with Crippen molar-refractivity contribution < 1.29 is 18.1 Å². The van der Waals surface area contributed by atoms with Crippen molar-refractivity contribution in [3.63, 3.8) is 0 Å². The average Bonchev–Trinajstić information content (AvgIpc) is 3.37. The quantitative estimate of drug-likeness (QED) is 0.250. The molecule has 1 aliphatic carbocycles. The minimum atomic E-state index is -4.56. The van der Waals surface area contributed by atoms with Gasteiger partial charge in [0.15, 0.2) is 15.4 Å². The van der Waals surface area contributed by atoms with Gasteiger partial charge in [-0.1, -0.05) is 30.3 Å². The highest BCUT2D eigenvalue weighted by atomic mass is 32.2. The first-order valence-corrected chi connectivity index (χ1v) is 14.2. The zero-order chi connectivity index (χ0) is 24.4. The molecule has 0 unspecified atom stereocenters. The molecule has 1 aliphatic rings. The number of hydrogen-bond donors (Lipinski definition) is 3. The van der Waals surface area contributed by atoms with Crippen molar-refractivity contribution in [2.24, 2.45) is 0 Å². The molecule has 1 saturated carbocycles. The van der Waals surface area contributed by atoms with Crippen LogP contribution in [0.1, 0.15) is 46.6 Å². The summed E-state index contributed by atoms with van der Waals surface area (Å²) in [5.41, 5.74) is 4.74. The van der Waals surface area contributed by atoms with E-state index in [9.17, 15) is 18.1 Å². The first-order valence-electron chi connectivity index (χ1n) is 11.1. The third-order valence-electron chi connectivity index (χ3n) is 5.67. The number of aliphatic hydroxyl groups excluding tert-OH is 1. The number of aliphatic hydroxyl groups is 1. The van der Waals surface area contributed by atoms with Gasteiger partial charge in [-0.25, -0.2) is 18.4 Å². The Morgan fingerprint density at radius 3 is 2.57 bits per heavy atom. The largest absolute Gasteiger partial charge is 0.731 e. The van der Waals surface area contributed by atoms with Crippen LogP contribution in [0.2, 0.25) is 0 Å². The normalized spacial score (nSPS) is 14.6. The topological polar surface area (TPSA) is 127 Å². The lowest BCUT2D eigenvalue weighted by molar-refractivity contribution is 0.282. The number of nitrogens with zero attached hydrogens (tertiary/aromatic N) is 2. The van der Waals surface area contributed by atoms with Gasteiger partial charge in [0.05, 0.1) is 29.0 Å². The van der Waals surface area contributed by atoms with Crippen LogP contribution in [0.5, 0.6) is 0 Å². The Bertz CT molecular complexity index is 1410. The number of nitrogens with one attached hydrogen (secondary N) is 2. The molecular weight excluding hydrogens is 504 g/mol. The molecule has 35 heavy (non-hydrogen) atoms. The van der Waals surface area contributed by atoms with Crippen LogP contribution in [-0.4, -0.2) is 28.0 Å². The molecule has 2 heterocycles. The van der Waals surface area contributed by atoms with Crippen molar-refractivity contribution in [1.82, 2.24) is 9.97 Å². The van der Waals surface area contributed by atoms with Crippen LogP contribution in [0.4, 0.5) is 10.8 Å². The Hall–Kier alpha value is -2.83. The fraction of sp³-hybridized carbons (Fsp3) is 0.250. The maximum Gasteiger partial charge on any atom is 0.183 e. The summed E-state index contributed by atoms with van der Waals surface area (Å²) in [6.07, 6.45) is 2.98. The monoisotopic (exact) mass is 527 g/mol. The van der Waals surface area contributed by atoms with Gasteiger partial charge in [-0.15, -0.1) is 22.7 Å². The van der Waals surface area contributed by atoms with E-state index < -0.39 is 10.3 Å². The molecular formula is C24H23N4O4S3-. The highest BCUT2D eigenvalue weighted by Crippen LogP contribution is 2.42. The van der Waals surface area contributed by atoms with Crippen molar-refractivity contribution in [1.29, 1.82) is 0 Å². The number of aromatic nitrogens is 2. The highest BCUT2D eigenvalue weighted by Gasteiger charge is 2.28. The molecule has 0 aliphatic heterocycles. The van der Waals surface area contributed by atoms with Gasteiger partial charge in [0.25, 0.3) is 0 Å². The Balaban J connectivity index is 1.37. The van der Waals surface area contributed by atoms with Gasteiger partial charge in [0, 0.05) is 27.9 Å². The van der Waals surface area contributed by atoms with Gasteiger partial charge >= 0.3 is 0 Å². The molecule has 0 saturated heterocycles. The summed E-state index contributed by atoms with van der Waals surface area (Å²) in [7, 11) is -4.56. The molecule has 182 valence electrons. The van der Waals surface area contributed by atoms with Gasteiger partial charge in [-0.2, -0.15) is 0 Å². The molecule has 11 heteroatoms. The predicted octanol–water partition coefficient (Wildman–Crippen LogP) is 4.90. The van der Waals surface area contributed by atoms with Crippen LogP contribution in [0, 0.1) is 0 Å². The molecule has 2 aromatic heterocycles. The predicted molar refractivity (Wildman–Crippen MR) is 137 cm³/mol. The average molecular weight is 528 g/mol. The zero-order valence-corrected chi connectivity index (χ0v) is 21.0. The summed E-state index contributed by atoms with van der Waals surface area (Å²) in [5, 5.41) is 19.0. The fourth-order valence-corrected chi connectivity index (χ4v) is 5.99.